The van der Waals surface area contributed by atoms with Crippen LogP contribution in [-0.4, -0.2) is 63.4 Å². The van der Waals surface area contributed by atoms with Crippen molar-refractivity contribution in [2.24, 2.45) is 27.6 Å². The number of benzene rings is 2. The number of fused-ring (bicyclic) bond motifs is 4. The second-order valence-corrected chi connectivity index (χ2v) is 15.4. The predicted octanol–water partition coefficient (Wildman–Crippen LogP) is 6.12. The molecule has 2 aromatic carbocycles. The molecule has 2 fully saturated rings. The fraction of sp³-hybridized carbons (Fsp3) is 0.537. The van der Waals surface area contributed by atoms with Crippen molar-refractivity contribution in [2.45, 2.75) is 114 Å². The van der Waals surface area contributed by atoms with E-state index in [4.69, 9.17) is 20.5 Å². The molecule has 0 saturated heterocycles. The lowest BCUT2D eigenvalue weighted by Gasteiger charge is -2.54. The van der Waals surface area contributed by atoms with Crippen molar-refractivity contribution >= 4 is 17.7 Å². The molecule has 9 nitrogen and oxygen atoms in total. The minimum absolute atomic E-state index is 0.0328. The van der Waals surface area contributed by atoms with Crippen molar-refractivity contribution < 1.29 is 24.9 Å². The first-order valence-electron chi connectivity index (χ1n) is 18.8. The molecule has 2 saturated carbocycles. The Bertz CT molecular complexity index is 1800. The van der Waals surface area contributed by atoms with Gasteiger partial charge in [-0.3, -0.25) is 14.8 Å². The predicted molar refractivity (Wildman–Crippen MR) is 193 cm³/mol. The van der Waals surface area contributed by atoms with Crippen molar-refractivity contribution in [3.63, 3.8) is 0 Å². The first kappa shape index (κ1) is 33.4. The summed E-state index contributed by atoms with van der Waals surface area (Å²) in [6.07, 6.45) is 12.0. The van der Waals surface area contributed by atoms with E-state index in [1.165, 1.54) is 59.2 Å². The van der Waals surface area contributed by atoms with Crippen LogP contribution in [0.1, 0.15) is 112 Å². The lowest BCUT2D eigenvalue weighted by atomic mass is 9.50. The monoisotopic (exact) mass is 678 g/mol. The van der Waals surface area contributed by atoms with E-state index in [2.05, 4.69) is 35.5 Å². The number of hydrogen-bond donors (Lipinski definition) is 4. The zero-order valence-corrected chi connectivity index (χ0v) is 29.1. The average molecular weight is 679 g/mol. The van der Waals surface area contributed by atoms with E-state index < -0.39 is 12.2 Å². The summed E-state index contributed by atoms with van der Waals surface area (Å²) in [4.78, 5) is 24.7. The van der Waals surface area contributed by atoms with Gasteiger partial charge in [0.2, 0.25) is 0 Å². The van der Waals surface area contributed by atoms with Crippen molar-refractivity contribution in [3.8, 4) is 11.5 Å². The highest BCUT2D eigenvalue weighted by Gasteiger charge is 2.59. The zero-order valence-electron chi connectivity index (χ0n) is 29.1. The van der Waals surface area contributed by atoms with Gasteiger partial charge in [-0.25, -0.2) is 0 Å². The first-order valence-corrected chi connectivity index (χ1v) is 18.8. The lowest BCUT2D eigenvalue weighted by Crippen LogP contribution is -2.49. The van der Waals surface area contributed by atoms with Gasteiger partial charge in [0.25, 0.3) is 0 Å². The molecule has 0 radical (unpaired) electrons. The topological polar surface area (TPSA) is 141 Å². The van der Waals surface area contributed by atoms with Crippen molar-refractivity contribution in [1.29, 1.82) is 0 Å². The summed E-state index contributed by atoms with van der Waals surface area (Å²) in [5.41, 5.74) is 16.6. The number of nitrogens with zero attached hydrogens (tertiary/aromatic N) is 3. The third-order valence-corrected chi connectivity index (χ3v) is 12.4. The molecule has 9 heteroatoms. The summed E-state index contributed by atoms with van der Waals surface area (Å²) >= 11 is 0. The number of phenols is 1. The van der Waals surface area contributed by atoms with Crippen LogP contribution in [0.2, 0.25) is 0 Å². The Balaban J connectivity index is 0.972. The smallest absolute Gasteiger partial charge is 0.163 e. The number of hydrogen-bond acceptors (Lipinski definition) is 9. The zero-order chi connectivity index (χ0) is 34.6. The molecule has 8 rings (SSSR count). The number of carbonyl (C=O) groups excluding carboxylic acids is 1. The fourth-order valence-electron chi connectivity index (χ4n) is 10.4. The number of rotatable bonds is 13. The number of Topliss-reactive ketones (excluding diaryl/α,β-unsaturated/α-hetero) is 1. The van der Waals surface area contributed by atoms with E-state index in [9.17, 15) is 20.1 Å². The summed E-state index contributed by atoms with van der Waals surface area (Å²) in [5, 5.41) is 30.8. The number of carbonyl (C=O) groups is 1. The fourth-order valence-corrected chi connectivity index (χ4v) is 10.4. The molecular formula is C41H50N4O5. The summed E-state index contributed by atoms with van der Waals surface area (Å²) in [5.74, 6) is 1.91. The van der Waals surface area contributed by atoms with Gasteiger partial charge < -0.3 is 30.7 Å². The Hall–Kier alpha value is -3.79. The number of aromatic hydroxyl groups is 1. The minimum Gasteiger partial charge on any atom is -0.504 e. The molecule has 264 valence electrons. The number of aliphatic imine (C=N–C) groups is 2. The van der Waals surface area contributed by atoms with Gasteiger partial charge >= 0.3 is 0 Å². The highest BCUT2D eigenvalue weighted by molar-refractivity contribution is 5.96. The molecule has 0 aromatic heterocycles. The summed E-state index contributed by atoms with van der Waals surface area (Å²) in [6, 6.07) is 12.0. The van der Waals surface area contributed by atoms with Crippen LogP contribution in [-0.2, 0) is 16.6 Å². The number of aliphatic hydroxyl groups excluding tert-OH is 2. The molecule has 5 N–H and O–H groups in total. The molecule has 2 aromatic rings. The molecule has 0 bridgehead atoms. The minimum atomic E-state index is -0.836. The quantitative estimate of drug-likeness (QED) is 0.200. The number of allylic oxidation sites excluding steroid dienone is 1. The van der Waals surface area contributed by atoms with Crippen molar-refractivity contribution in [2.75, 3.05) is 13.3 Å². The van der Waals surface area contributed by atoms with Gasteiger partial charge in [-0.05, 0) is 103 Å². The van der Waals surface area contributed by atoms with Crippen LogP contribution in [0.3, 0.4) is 0 Å². The van der Waals surface area contributed by atoms with Gasteiger partial charge in [-0.15, -0.1) is 0 Å². The van der Waals surface area contributed by atoms with Gasteiger partial charge in [0.1, 0.15) is 11.9 Å². The van der Waals surface area contributed by atoms with E-state index in [1.54, 1.807) is 18.2 Å². The standard InChI is InChI=1S/C41H50N4O5/c1-2-6-25(46)18-27(48)19-26(47)14-12-24-13-15-36(49)37(17-24)50-23-45-21-30-33(20-43-35(30)22-45)41-16-5-10-31(41)28-7-4-11-34-39(28)38-29(40(42)44-34)8-3-9-32(38)41/h3,8-9,13,15,17,20,22,25,27-28,31,39-40,46,48-49H,2,4-7,10-12,14,16,18-19,21,23,42H2,1H3/t25-,27+,28-,31-,39+,40-,41-/m0/s1. The average Bonchev–Trinajstić information content (AvgIpc) is 3.82. The van der Waals surface area contributed by atoms with E-state index in [-0.39, 0.29) is 49.1 Å². The van der Waals surface area contributed by atoms with Crippen LogP contribution in [0.25, 0.3) is 0 Å². The van der Waals surface area contributed by atoms with Crippen LogP contribution in [0.15, 0.2) is 69.4 Å². The Kier molecular flexibility index (Phi) is 8.94. The number of phenolic OH excluding ortho intramolecular Hbond substituents is 1. The number of nitrogens with two attached hydrogens (primary N) is 1. The van der Waals surface area contributed by atoms with Crippen molar-refractivity contribution in [3.05, 3.63) is 81.7 Å². The molecule has 0 amide bonds. The number of aliphatic hydroxyl groups is 2. The van der Waals surface area contributed by atoms with E-state index in [0.717, 1.165) is 30.5 Å². The van der Waals surface area contributed by atoms with Crippen LogP contribution < -0.4 is 10.5 Å². The first-order chi connectivity index (χ1) is 24.3. The van der Waals surface area contributed by atoms with E-state index >= 15 is 0 Å². The number of ether oxygens (including phenoxy) is 1. The Labute approximate surface area is 294 Å². The Morgan fingerprint density at radius 1 is 1.16 bits per heavy atom. The molecule has 7 atom stereocenters. The summed E-state index contributed by atoms with van der Waals surface area (Å²) in [6.45, 7) is 2.93. The normalized spacial score (nSPS) is 28.5. The highest BCUT2D eigenvalue weighted by Crippen LogP contribution is 2.65. The van der Waals surface area contributed by atoms with Gasteiger partial charge in [0.05, 0.1) is 17.9 Å². The maximum Gasteiger partial charge on any atom is 0.163 e. The van der Waals surface area contributed by atoms with Gasteiger partial charge in [0.15, 0.2) is 18.2 Å². The SMILES string of the molecule is CCC[C@H](O)C[C@@H](O)CC(=O)CCc1ccc(O)c(OCN2C=C3N=CC([C@@]45CCC[C@H]4[C@@H]4CCCC6=N[C@H](N)c7cccc5c7[C@@H]64)=C3C2)c1. The number of aryl methyl sites for hydroxylation is 1. The molecule has 3 aliphatic carbocycles. The summed E-state index contributed by atoms with van der Waals surface area (Å²) in [7, 11) is 0. The van der Waals surface area contributed by atoms with E-state index in [1.807, 2.05) is 6.92 Å². The molecule has 3 aliphatic heterocycles. The molecule has 50 heavy (non-hydrogen) atoms. The maximum atomic E-state index is 12.5. The Morgan fingerprint density at radius 3 is 2.90 bits per heavy atom. The molecular weight excluding hydrogens is 628 g/mol. The second-order valence-electron chi connectivity index (χ2n) is 15.4. The lowest BCUT2D eigenvalue weighted by molar-refractivity contribution is -0.121. The molecule has 0 spiro atoms. The van der Waals surface area contributed by atoms with Crippen LogP contribution in [0.4, 0.5) is 0 Å². The van der Waals surface area contributed by atoms with Gasteiger partial charge in [-0.2, -0.15) is 0 Å². The van der Waals surface area contributed by atoms with Gasteiger partial charge in [0, 0.05) is 54.4 Å². The third kappa shape index (κ3) is 5.71. The van der Waals surface area contributed by atoms with Crippen LogP contribution in [0, 0.1) is 11.8 Å². The second kappa shape index (κ2) is 13.4. The Morgan fingerprint density at radius 2 is 2.04 bits per heavy atom. The van der Waals surface area contributed by atoms with E-state index in [0.29, 0.717) is 42.9 Å². The maximum absolute atomic E-state index is 12.5. The van der Waals surface area contributed by atoms with Crippen LogP contribution in [0.5, 0.6) is 11.5 Å². The number of ketones is 1. The molecule has 6 aliphatic rings. The summed E-state index contributed by atoms with van der Waals surface area (Å²) < 4.78 is 6.18. The van der Waals surface area contributed by atoms with Crippen LogP contribution >= 0.6 is 0 Å². The largest absolute Gasteiger partial charge is 0.504 e. The molecule has 3 heterocycles. The van der Waals surface area contributed by atoms with Crippen molar-refractivity contribution in [1.82, 2.24) is 4.90 Å². The third-order valence-electron chi connectivity index (χ3n) is 12.4. The molecule has 0 unspecified atom stereocenters. The van der Waals surface area contributed by atoms with Gasteiger partial charge in [-0.1, -0.05) is 44.0 Å². The highest BCUT2D eigenvalue weighted by atomic mass is 16.5.